The number of rotatable bonds is 13. The lowest BCUT2D eigenvalue weighted by molar-refractivity contribution is 0.483. The molecule has 1 N–H and O–H groups in total. The Kier molecular flexibility index (Phi) is 10.9. The van der Waals surface area contributed by atoms with Gasteiger partial charge in [-0.25, -0.2) is 0 Å². The minimum atomic E-state index is -4.09. The molecule has 1 rings (SSSR count). The van der Waals surface area contributed by atoms with Crippen molar-refractivity contribution in [3.05, 3.63) is 29.8 Å². The Morgan fingerprint density at radius 1 is 0.917 bits per heavy atom. The minimum absolute atomic E-state index is 0.0451. The maximum Gasteiger partial charge on any atom is 0.294 e. The molecule has 0 fully saturated rings. The average molecular weight is 419 g/mol. The van der Waals surface area contributed by atoms with Gasteiger partial charge < -0.3 is 0 Å². The molecule has 1 unspecified atom stereocenters. The zero-order valence-corrected chi connectivity index (χ0v) is 17.1. The first kappa shape index (κ1) is 21.7. The molecule has 0 saturated carbocycles. The third-order valence-electron chi connectivity index (χ3n) is 4.30. The Hall–Kier alpha value is -0.390. The highest BCUT2D eigenvalue weighted by atomic mass is 79.9. The van der Waals surface area contributed by atoms with Gasteiger partial charge in [-0.1, -0.05) is 92.8 Å². The summed E-state index contributed by atoms with van der Waals surface area (Å²) in [7, 11) is -4.09. The van der Waals surface area contributed by atoms with E-state index in [0.29, 0.717) is 4.83 Å². The summed E-state index contributed by atoms with van der Waals surface area (Å²) >= 11 is 3.72. The molecule has 0 aliphatic carbocycles. The fourth-order valence-corrected chi connectivity index (χ4v) is 4.01. The van der Waals surface area contributed by atoms with Crippen LogP contribution >= 0.6 is 15.9 Å². The van der Waals surface area contributed by atoms with Crippen LogP contribution in [-0.2, 0) is 16.5 Å². The summed E-state index contributed by atoms with van der Waals surface area (Å²) in [4.78, 5) is 0.370. The van der Waals surface area contributed by atoms with Crippen molar-refractivity contribution in [1.82, 2.24) is 0 Å². The van der Waals surface area contributed by atoms with E-state index in [1.165, 1.54) is 69.9 Å². The molecule has 0 heterocycles. The van der Waals surface area contributed by atoms with E-state index in [1.54, 1.807) is 12.1 Å². The van der Waals surface area contributed by atoms with Gasteiger partial charge >= 0.3 is 0 Å². The van der Waals surface area contributed by atoms with Crippen LogP contribution in [0.2, 0.25) is 0 Å². The van der Waals surface area contributed by atoms with Gasteiger partial charge in [-0.05, 0) is 30.5 Å². The van der Waals surface area contributed by atoms with E-state index >= 15 is 0 Å². The van der Waals surface area contributed by atoms with Crippen molar-refractivity contribution < 1.29 is 13.0 Å². The summed E-state index contributed by atoms with van der Waals surface area (Å²) in [6.07, 6.45) is 14.0. The van der Waals surface area contributed by atoms with Crippen LogP contribution in [-0.4, -0.2) is 17.8 Å². The second kappa shape index (κ2) is 12.0. The van der Waals surface area contributed by atoms with Gasteiger partial charge in [-0.3, -0.25) is 4.55 Å². The first-order valence-corrected chi connectivity index (χ1v) is 11.5. The molecule has 138 valence electrons. The Balaban J connectivity index is 2.12. The van der Waals surface area contributed by atoms with E-state index in [4.69, 9.17) is 4.55 Å². The molecule has 0 radical (unpaired) electrons. The Labute approximate surface area is 156 Å². The lowest BCUT2D eigenvalue weighted by Gasteiger charge is -2.10. The van der Waals surface area contributed by atoms with Gasteiger partial charge in [0.25, 0.3) is 10.1 Å². The molecule has 0 aliphatic rings. The van der Waals surface area contributed by atoms with E-state index in [0.717, 1.165) is 18.4 Å². The first-order valence-electron chi connectivity index (χ1n) is 9.14. The quantitative estimate of drug-likeness (QED) is 0.237. The predicted molar refractivity (Wildman–Crippen MR) is 105 cm³/mol. The van der Waals surface area contributed by atoms with E-state index in [2.05, 4.69) is 22.9 Å². The normalized spacial score (nSPS) is 13.1. The number of hydrogen-bond acceptors (Lipinski definition) is 2. The molecule has 0 aromatic heterocycles. The van der Waals surface area contributed by atoms with Crippen molar-refractivity contribution in [3.63, 3.8) is 0 Å². The average Bonchev–Trinajstić information content (AvgIpc) is 2.53. The van der Waals surface area contributed by atoms with Gasteiger partial charge in [0, 0.05) is 4.83 Å². The van der Waals surface area contributed by atoms with Crippen molar-refractivity contribution in [1.29, 1.82) is 0 Å². The molecule has 5 heteroatoms. The van der Waals surface area contributed by atoms with Crippen molar-refractivity contribution >= 4 is 26.0 Å². The van der Waals surface area contributed by atoms with Crippen molar-refractivity contribution in [2.24, 2.45) is 0 Å². The SMILES string of the molecule is CCCCCCCCCCCC(Br)Cc1ccc(S(=O)(=O)O)cc1. The van der Waals surface area contributed by atoms with Gasteiger partial charge in [0.15, 0.2) is 0 Å². The highest BCUT2D eigenvalue weighted by molar-refractivity contribution is 9.09. The van der Waals surface area contributed by atoms with Crippen LogP contribution in [0.3, 0.4) is 0 Å². The number of benzene rings is 1. The Morgan fingerprint density at radius 2 is 1.42 bits per heavy atom. The second-order valence-corrected chi connectivity index (χ2v) is 9.25. The van der Waals surface area contributed by atoms with Crippen molar-refractivity contribution in [3.8, 4) is 0 Å². The smallest absolute Gasteiger partial charge is 0.282 e. The molecule has 0 amide bonds. The summed E-state index contributed by atoms with van der Waals surface area (Å²) in [5.74, 6) is 0. The fraction of sp³-hybridized carbons (Fsp3) is 0.684. The zero-order valence-electron chi connectivity index (χ0n) is 14.7. The molecule has 1 atom stereocenters. The van der Waals surface area contributed by atoms with E-state index in [-0.39, 0.29) is 4.90 Å². The second-order valence-electron chi connectivity index (χ2n) is 6.54. The van der Waals surface area contributed by atoms with Crippen LogP contribution in [0.1, 0.15) is 76.7 Å². The van der Waals surface area contributed by atoms with E-state index in [1.807, 2.05) is 0 Å². The molecule has 0 bridgehead atoms. The molecular formula is C19H31BrO3S. The fourth-order valence-electron chi connectivity index (χ4n) is 2.83. The van der Waals surface area contributed by atoms with Crippen molar-refractivity contribution in [2.75, 3.05) is 0 Å². The lowest BCUT2D eigenvalue weighted by Crippen LogP contribution is -2.04. The van der Waals surface area contributed by atoms with Crippen LogP contribution in [0.15, 0.2) is 29.2 Å². The van der Waals surface area contributed by atoms with E-state index in [9.17, 15) is 8.42 Å². The highest BCUT2D eigenvalue weighted by Crippen LogP contribution is 2.19. The lowest BCUT2D eigenvalue weighted by atomic mass is 10.0. The number of alkyl halides is 1. The van der Waals surface area contributed by atoms with Gasteiger partial charge in [0.2, 0.25) is 0 Å². The molecule has 1 aromatic carbocycles. The summed E-state index contributed by atoms with van der Waals surface area (Å²) in [5.41, 5.74) is 1.08. The Bertz CT molecular complexity index is 540. The van der Waals surface area contributed by atoms with Gasteiger partial charge in [-0.15, -0.1) is 0 Å². The maximum absolute atomic E-state index is 11.0. The molecule has 1 aromatic rings. The monoisotopic (exact) mass is 418 g/mol. The van der Waals surface area contributed by atoms with Crippen molar-refractivity contribution in [2.45, 2.75) is 87.3 Å². The molecule has 0 saturated heterocycles. The van der Waals surface area contributed by atoms with Crippen LogP contribution in [0.5, 0.6) is 0 Å². The van der Waals surface area contributed by atoms with Crippen LogP contribution in [0.25, 0.3) is 0 Å². The highest BCUT2D eigenvalue weighted by Gasteiger charge is 2.10. The molecule has 0 aliphatic heterocycles. The number of hydrogen-bond donors (Lipinski definition) is 1. The van der Waals surface area contributed by atoms with E-state index < -0.39 is 10.1 Å². The first-order chi connectivity index (χ1) is 11.4. The van der Waals surface area contributed by atoms with Gasteiger partial charge in [-0.2, -0.15) is 8.42 Å². The Morgan fingerprint density at radius 3 is 1.92 bits per heavy atom. The van der Waals surface area contributed by atoms with Gasteiger partial charge in [0.05, 0.1) is 4.90 Å². The summed E-state index contributed by atoms with van der Waals surface area (Å²) in [6, 6.07) is 6.47. The minimum Gasteiger partial charge on any atom is -0.282 e. The standard InChI is InChI=1S/C19H31BrO3S/c1-2-3-4-5-6-7-8-9-10-11-18(20)16-17-12-14-19(15-13-17)24(21,22)23/h12-15,18H,2-11,16H2,1H3,(H,21,22,23). The largest absolute Gasteiger partial charge is 0.294 e. The maximum atomic E-state index is 11.0. The molecule has 3 nitrogen and oxygen atoms in total. The summed E-state index contributed by atoms with van der Waals surface area (Å²) in [5, 5.41) is 0. The number of halogens is 1. The zero-order chi connectivity index (χ0) is 17.8. The van der Waals surface area contributed by atoms with Crippen LogP contribution in [0.4, 0.5) is 0 Å². The topological polar surface area (TPSA) is 54.4 Å². The number of unbranched alkanes of at least 4 members (excludes halogenated alkanes) is 8. The van der Waals surface area contributed by atoms with Crippen LogP contribution in [0, 0.1) is 0 Å². The third kappa shape index (κ3) is 9.80. The summed E-state index contributed by atoms with van der Waals surface area (Å²) in [6.45, 7) is 2.25. The van der Waals surface area contributed by atoms with Gasteiger partial charge in [0.1, 0.15) is 0 Å². The molecule has 0 spiro atoms. The molecular weight excluding hydrogens is 388 g/mol. The summed E-state index contributed by atoms with van der Waals surface area (Å²) < 4.78 is 31.0. The predicted octanol–water partition coefficient (Wildman–Crippen LogP) is 6.16. The molecule has 24 heavy (non-hydrogen) atoms. The third-order valence-corrected chi connectivity index (χ3v) is 5.95. The van der Waals surface area contributed by atoms with Crippen LogP contribution < -0.4 is 0 Å².